The van der Waals surface area contributed by atoms with Crippen LogP contribution in [0.3, 0.4) is 0 Å². The number of benzene rings is 1. The highest BCUT2D eigenvalue weighted by Crippen LogP contribution is 2.29. The summed E-state index contributed by atoms with van der Waals surface area (Å²) in [7, 11) is 0. The summed E-state index contributed by atoms with van der Waals surface area (Å²) in [5, 5.41) is 9.17. The van der Waals surface area contributed by atoms with Crippen LogP contribution < -0.4 is 4.74 Å². The Kier molecular flexibility index (Phi) is 2.87. The molecule has 0 saturated carbocycles. The average Bonchev–Trinajstić information content (AvgIpc) is 2.70. The van der Waals surface area contributed by atoms with Crippen LogP contribution in [0.15, 0.2) is 36.4 Å². The summed E-state index contributed by atoms with van der Waals surface area (Å²) in [5.74, 6) is -0.858. The molecular weight excluding hydrogens is 231 g/mol. The Morgan fingerprint density at radius 1 is 1.19 bits per heavy atom. The lowest BCUT2D eigenvalue weighted by Gasteiger charge is -2.01. The third kappa shape index (κ3) is 2.38. The third-order valence-electron chi connectivity index (χ3n) is 1.82. The Labute approximate surface area is 94.7 Å². The Balaban J connectivity index is 2.14. The van der Waals surface area contributed by atoms with Crippen LogP contribution >= 0.6 is 11.3 Å². The molecule has 1 aromatic carbocycles. The quantitative estimate of drug-likeness (QED) is 0.891. The van der Waals surface area contributed by atoms with Crippen molar-refractivity contribution in [3.8, 4) is 10.8 Å². The smallest absolute Gasteiger partial charge is 0.345 e. The van der Waals surface area contributed by atoms with Gasteiger partial charge in [0.25, 0.3) is 0 Å². The van der Waals surface area contributed by atoms with E-state index in [1.54, 1.807) is 6.07 Å². The lowest BCUT2D eigenvalue weighted by Crippen LogP contribution is -1.89. The number of thiophene rings is 1. The molecule has 0 saturated heterocycles. The van der Waals surface area contributed by atoms with Gasteiger partial charge >= 0.3 is 5.97 Å². The Bertz CT molecular complexity index is 504. The molecule has 0 unspecified atom stereocenters. The van der Waals surface area contributed by atoms with E-state index in [0.717, 1.165) is 11.3 Å². The highest BCUT2D eigenvalue weighted by atomic mass is 32.1. The van der Waals surface area contributed by atoms with Crippen LogP contribution in [-0.4, -0.2) is 11.1 Å². The molecule has 0 aliphatic carbocycles. The first-order valence-electron chi connectivity index (χ1n) is 4.42. The van der Waals surface area contributed by atoms with Crippen molar-refractivity contribution in [1.82, 2.24) is 0 Å². The standard InChI is InChI=1S/C11H7FO3S/c12-7-1-3-8(4-2-7)15-10-6-5-9(16-10)11(13)14/h1-6H,(H,13,14). The number of carboxylic acid groups (broad SMARTS) is 1. The topological polar surface area (TPSA) is 46.5 Å². The van der Waals surface area contributed by atoms with Crippen molar-refractivity contribution in [3.63, 3.8) is 0 Å². The molecule has 0 bridgehead atoms. The minimum atomic E-state index is -0.987. The molecule has 0 spiro atoms. The second-order valence-corrected chi connectivity index (χ2v) is 4.03. The van der Waals surface area contributed by atoms with Gasteiger partial charge in [0.15, 0.2) is 5.06 Å². The maximum atomic E-state index is 12.6. The zero-order chi connectivity index (χ0) is 11.5. The van der Waals surface area contributed by atoms with Crippen LogP contribution in [0.4, 0.5) is 4.39 Å². The molecule has 16 heavy (non-hydrogen) atoms. The van der Waals surface area contributed by atoms with Crippen LogP contribution in [0.25, 0.3) is 0 Å². The van der Waals surface area contributed by atoms with Crippen molar-refractivity contribution >= 4 is 17.3 Å². The summed E-state index contributed by atoms with van der Waals surface area (Å²) in [6, 6.07) is 8.55. The molecular formula is C11H7FO3S. The maximum absolute atomic E-state index is 12.6. The normalized spacial score (nSPS) is 10.1. The zero-order valence-corrected chi connectivity index (χ0v) is 8.83. The summed E-state index contributed by atoms with van der Waals surface area (Å²) < 4.78 is 18.0. The zero-order valence-electron chi connectivity index (χ0n) is 8.01. The van der Waals surface area contributed by atoms with Gasteiger partial charge in [0.1, 0.15) is 16.4 Å². The molecule has 2 rings (SSSR count). The fourth-order valence-electron chi connectivity index (χ4n) is 1.11. The van der Waals surface area contributed by atoms with E-state index in [9.17, 15) is 9.18 Å². The van der Waals surface area contributed by atoms with Crippen LogP contribution in [0.1, 0.15) is 9.67 Å². The molecule has 0 amide bonds. The van der Waals surface area contributed by atoms with Crippen molar-refractivity contribution in [2.75, 3.05) is 0 Å². The average molecular weight is 238 g/mol. The fraction of sp³-hybridized carbons (Fsp3) is 0. The number of carbonyl (C=O) groups is 1. The van der Waals surface area contributed by atoms with Crippen molar-refractivity contribution in [3.05, 3.63) is 47.1 Å². The SMILES string of the molecule is O=C(O)c1ccc(Oc2ccc(F)cc2)s1. The van der Waals surface area contributed by atoms with Gasteiger partial charge in [-0.15, -0.1) is 0 Å². The maximum Gasteiger partial charge on any atom is 0.345 e. The van der Waals surface area contributed by atoms with Crippen LogP contribution in [0.2, 0.25) is 0 Å². The number of carboxylic acids is 1. The van der Waals surface area contributed by atoms with Crippen molar-refractivity contribution in [2.45, 2.75) is 0 Å². The largest absolute Gasteiger partial charge is 0.477 e. The lowest BCUT2D eigenvalue weighted by molar-refractivity contribution is 0.0702. The number of hydrogen-bond acceptors (Lipinski definition) is 3. The predicted octanol–water partition coefficient (Wildman–Crippen LogP) is 3.38. The van der Waals surface area contributed by atoms with E-state index in [-0.39, 0.29) is 10.7 Å². The first-order valence-corrected chi connectivity index (χ1v) is 5.23. The van der Waals surface area contributed by atoms with E-state index in [2.05, 4.69) is 0 Å². The third-order valence-corrected chi connectivity index (χ3v) is 2.78. The molecule has 0 fully saturated rings. The Morgan fingerprint density at radius 3 is 2.44 bits per heavy atom. The highest BCUT2D eigenvalue weighted by molar-refractivity contribution is 7.15. The van der Waals surface area contributed by atoms with Gasteiger partial charge in [-0.05, 0) is 36.4 Å². The Morgan fingerprint density at radius 2 is 1.88 bits per heavy atom. The second kappa shape index (κ2) is 4.32. The molecule has 0 atom stereocenters. The molecule has 3 nitrogen and oxygen atoms in total. The molecule has 1 heterocycles. The predicted molar refractivity (Wildman–Crippen MR) is 57.8 cm³/mol. The number of rotatable bonds is 3. The minimum absolute atomic E-state index is 0.206. The molecule has 5 heteroatoms. The van der Waals surface area contributed by atoms with Gasteiger partial charge in [0, 0.05) is 0 Å². The summed E-state index contributed by atoms with van der Waals surface area (Å²) in [4.78, 5) is 10.8. The molecule has 0 aliphatic heterocycles. The van der Waals surface area contributed by atoms with Gasteiger partial charge in [0.05, 0.1) is 0 Å². The van der Waals surface area contributed by atoms with E-state index in [0.29, 0.717) is 10.8 Å². The summed E-state index contributed by atoms with van der Waals surface area (Å²) in [6.45, 7) is 0. The van der Waals surface area contributed by atoms with E-state index in [1.165, 1.54) is 30.3 Å². The van der Waals surface area contributed by atoms with Gasteiger partial charge in [-0.1, -0.05) is 11.3 Å². The summed E-state index contributed by atoms with van der Waals surface area (Å²) >= 11 is 1.02. The molecule has 82 valence electrons. The Hall–Kier alpha value is -1.88. The van der Waals surface area contributed by atoms with Crippen molar-refractivity contribution < 1.29 is 19.0 Å². The second-order valence-electron chi connectivity index (χ2n) is 2.98. The number of aromatic carboxylic acids is 1. The first-order chi connectivity index (χ1) is 7.65. The van der Waals surface area contributed by atoms with E-state index in [4.69, 9.17) is 9.84 Å². The van der Waals surface area contributed by atoms with Crippen molar-refractivity contribution in [2.24, 2.45) is 0 Å². The van der Waals surface area contributed by atoms with E-state index in [1.807, 2.05) is 0 Å². The minimum Gasteiger partial charge on any atom is -0.477 e. The summed E-state index contributed by atoms with van der Waals surface area (Å²) in [5.41, 5.74) is 0. The number of halogens is 1. The molecule has 0 aliphatic rings. The summed E-state index contributed by atoms with van der Waals surface area (Å²) in [6.07, 6.45) is 0. The van der Waals surface area contributed by atoms with Crippen LogP contribution in [0.5, 0.6) is 10.8 Å². The fourth-order valence-corrected chi connectivity index (χ4v) is 1.82. The molecule has 0 radical (unpaired) electrons. The van der Waals surface area contributed by atoms with Crippen molar-refractivity contribution in [1.29, 1.82) is 0 Å². The lowest BCUT2D eigenvalue weighted by atomic mass is 10.3. The number of ether oxygens (including phenoxy) is 1. The van der Waals surface area contributed by atoms with Gasteiger partial charge in [-0.2, -0.15) is 0 Å². The first kappa shape index (κ1) is 10.6. The molecule has 2 aromatic rings. The molecule has 1 aromatic heterocycles. The van der Waals surface area contributed by atoms with Gasteiger partial charge in [-0.3, -0.25) is 0 Å². The van der Waals surface area contributed by atoms with E-state index < -0.39 is 5.97 Å². The monoisotopic (exact) mass is 238 g/mol. The van der Waals surface area contributed by atoms with Gasteiger partial charge in [0.2, 0.25) is 0 Å². The molecule has 1 N–H and O–H groups in total. The van der Waals surface area contributed by atoms with Gasteiger partial charge in [-0.25, -0.2) is 9.18 Å². The van der Waals surface area contributed by atoms with Crippen LogP contribution in [-0.2, 0) is 0 Å². The number of hydrogen-bond donors (Lipinski definition) is 1. The van der Waals surface area contributed by atoms with Gasteiger partial charge < -0.3 is 9.84 Å². The van der Waals surface area contributed by atoms with Crippen LogP contribution in [0, 0.1) is 5.82 Å². The highest BCUT2D eigenvalue weighted by Gasteiger charge is 2.08. The van der Waals surface area contributed by atoms with E-state index >= 15 is 0 Å².